The molecular weight excluding hydrogens is 374 g/mol. The lowest BCUT2D eigenvalue weighted by molar-refractivity contribution is 0.275. The number of aryl methyl sites for hydroxylation is 1. The van der Waals surface area contributed by atoms with Crippen molar-refractivity contribution in [3.63, 3.8) is 0 Å². The first-order valence-electron chi connectivity index (χ1n) is 12.6. The van der Waals surface area contributed by atoms with Gasteiger partial charge >= 0.3 is 0 Å². The summed E-state index contributed by atoms with van der Waals surface area (Å²) in [6, 6.07) is 21.6. The van der Waals surface area contributed by atoms with Gasteiger partial charge in [-0.1, -0.05) is 93.1 Å². The van der Waals surface area contributed by atoms with Gasteiger partial charge in [0.2, 0.25) is 0 Å². The van der Waals surface area contributed by atoms with Gasteiger partial charge in [-0.15, -0.1) is 0 Å². The van der Waals surface area contributed by atoms with E-state index in [4.69, 9.17) is 0 Å². The van der Waals surface area contributed by atoms with E-state index in [0.29, 0.717) is 0 Å². The van der Waals surface area contributed by atoms with E-state index in [1.54, 1.807) is 5.57 Å². The van der Waals surface area contributed by atoms with Crippen molar-refractivity contribution in [2.24, 2.45) is 11.8 Å². The molecule has 0 radical (unpaired) electrons. The molecule has 0 aliphatic carbocycles. The number of hydrogen-bond donors (Lipinski definition) is 0. The van der Waals surface area contributed by atoms with E-state index in [-0.39, 0.29) is 0 Å². The summed E-state index contributed by atoms with van der Waals surface area (Å²) in [7, 11) is 0. The van der Waals surface area contributed by atoms with E-state index in [1.807, 2.05) is 0 Å². The standard InChI is InChI=1S/C17H27N.C13H18/c1-15(2)17-9-6-12-18(14-11-17)13-10-16-7-4-3-5-8-16;1-3-12(4-2)10-11-13-8-6-5-7-9-13/h3-5,7-8,15,17H,6,9-14H2,1-2H3;3,5-9H,4,10-11H2,1-2H3/b;12-3-. The molecule has 31 heavy (non-hydrogen) atoms. The summed E-state index contributed by atoms with van der Waals surface area (Å²) < 4.78 is 0. The maximum atomic E-state index is 2.66. The van der Waals surface area contributed by atoms with Gasteiger partial charge in [-0.3, -0.25) is 0 Å². The molecule has 1 nitrogen and oxygen atoms in total. The van der Waals surface area contributed by atoms with Gasteiger partial charge in [0.1, 0.15) is 0 Å². The Kier molecular flexibility index (Phi) is 12.3. The number of hydrogen-bond acceptors (Lipinski definition) is 1. The van der Waals surface area contributed by atoms with Crippen LogP contribution in [0.1, 0.15) is 70.9 Å². The molecule has 1 heteroatoms. The summed E-state index contributed by atoms with van der Waals surface area (Å²) in [6.45, 7) is 12.9. The van der Waals surface area contributed by atoms with E-state index in [2.05, 4.69) is 99.3 Å². The largest absolute Gasteiger partial charge is 0.303 e. The lowest BCUT2D eigenvalue weighted by Gasteiger charge is -2.21. The SMILES string of the molecule is C/C=C(/CC)CCc1ccccc1.CC(C)C1CCCN(CCc2ccccc2)CC1. The molecule has 2 aromatic rings. The van der Waals surface area contributed by atoms with Crippen molar-refractivity contribution in [1.29, 1.82) is 0 Å². The Morgan fingerprint density at radius 2 is 1.52 bits per heavy atom. The Morgan fingerprint density at radius 3 is 2.06 bits per heavy atom. The summed E-state index contributed by atoms with van der Waals surface area (Å²) in [6.07, 6.45) is 11.2. The maximum Gasteiger partial charge on any atom is 0.00218 e. The summed E-state index contributed by atoms with van der Waals surface area (Å²) in [5.41, 5.74) is 4.47. The van der Waals surface area contributed by atoms with E-state index < -0.39 is 0 Å². The molecule has 1 heterocycles. The summed E-state index contributed by atoms with van der Waals surface area (Å²) in [5.74, 6) is 1.81. The first kappa shape index (κ1) is 25.4. The first-order valence-corrected chi connectivity index (χ1v) is 12.6. The van der Waals surface area contributed by atoms with Gasteiger partial charge in [-0.2, -0.15) is 0 Å². The Balaban J connectivity index is 0.000000233. The van der Waals surface area contributed by atoms with E-state index in [0.717, 1.165) is 11.8 Å². The highest BCUT2D eigenvalue weighted by molar-refractivity contribution is 5.16. The fourth-order valence-electron chi connectivity index (χ4n) is 4.48. The molecule has 1 aliphatic heterocycles. The summed E-state index contributed by atoms with van der Waals surface area (Å²) in [4.78, 5) is 2.66. The van der Waals surface area contributed by atoms with Crippen molar-refractivity contribution < 1.29 is 0 Å². The normalized spacial score (nSPS) is 17.7. The smallest absolute Gasteiger partial charge is 0.00218 e. The molecule has 1 aliphatic rings. The van der Waals surface area contributed by atoms with Crippen LogP contribution in [0.3, 0.4) is 0 Å². The highest BCUT2D eigenvalue weighted by Crippen LogP contribution is 2.24. The molecule has 0 spiro atoms. The van der Waals surface area contributed by atoms with Gasteiger partial charge in [0.05, 0.1) is 0 Å². The van der Waals surface area contributed by atoms with Crippen LogP contribution in [-0.4, -0.2) is 24.5 Å². The molecule has 170 valence electrons. The second kappa shape index (κ2) is 15.0. The number of benzene rings is 2. The van der Waals surface area contributed by atoms with Crippen molar-refractivity contribution in [3.05, 3.63) is 83.4 Å². The Bertz CT molecular complexity index is 717. The highest BCUT2D eigenvalue weighted by atomic mass is 15.1. The van der Waals surface area contributed by atoms with Crippen molar-refractivity contribution in [2.75, 3.05) is 19.6 Å². The van der Waals surface area contributed by atoms with Crippen molar-refractivity contribution in [1.82, 2.24) is 4.90 Å². The fraction of sp³-hybridized carbons (Fsp3) is 0.533. The minimum absolute atomic E-state index is 0.860. The van der Waals surface area contributed by atoms with Crippen LogP contribution in [0.5, 0.6) is 0 Å². The van der Waals surface area contributed by atoms with Crippen LogP contribution >= 0.6 is 0 Å². The zero-order chi connectivity index (χ0) is 22.3. The highest BCUT2D eigenvalue weighted by Gasteiger charge is 2.19. The third-order valence-electron chi connectivity index (χ3n) is 6.81. The van der Waals surface area contributed by atoms with E-state index >= 15 is 0 Å². The molecule has 0 saturated carbocycles. The van der Waals surface area contributed by atoms with Crippen LogP contribution < -0.4 is 0 Å². The number of nitrogens with zero attached hydrogens (tertiary/aromatic N) is 1. The second-order valence-electron chi connectivity index (χ2n) is 9.30. The average molecular weight is 420 g/mol. The Labute approximate surface area is 192 Å². The lowest BCUT2D eigenvalue weighted by Crippen LogP contribution is -2.27. The molecule has 1 fully saturated rings. The predicted octanol–water partition coefficient (Wildman–Crippen LogP) is 7.96. The average Bonchev–Trinajstić information content (AvgIpc) is 3.06. The number of likely N-dealkylation sites (tertiary alicyclic amines) is 1. The molecule has 0 amide bonds. The predicted molar refractivity (Wildman–Crippen MR) is 138 cm³/mol. The van der Waals surface area contributed by atoms with E-state index in [9.17, 15) is 0 Å². The Hall–Kier alpha value is -1.86. The third-order valence-corrected chi connectivity index (χ3v) is 6.81. The van der Waals surface area contributed by atoms with Gasteiger partial charge in [-0.05, 0) is 87.9 Å². The molecule has 0 bridgehead atoms. The van der Waals surface area contributed by atoms with Crippen molar-refractivity contribution in [3.8, 4) is 0 Å². The van der Waals surface area contributed by atoms with Crippen LogP contribution in [0, 0.1) is 11.8 Å². The maximum absolute atomic E-state index is 2.66. The molecule has 3 rings (SSSR count). The van der Waals surface area contributed by atoms with Gasteiger partial charge in [-0.25, -0.2) is 0 Å². The fourth-order valence-corrected chi connectivity index (χ4v) is 4.48. The zero-order valence-corrected chi connectivity index (χ0v) is 20.5. The van der Waals surface area contributed by atoms with Crippen molar-refractivity contribution >= 4 is 0 Å². The molecule has 0 N–H and O–H groups in total. The van der Waals surface area contributed by atoms with Crippen molar-refractivity contribution in [2.45, 2.75) is 72.6 Å². The minimum atomic E-state index is 0.860. The molecule has 2 aromatic carbocycles. The van der Waals surface area contributed by atoms with E-state index in [1.165, 1.54) is 75.7 Å². The lowest BCUT2D eigenvalue weighted by atomic mass is 9.89. The number of allylic oxidation sites excluding steroid dienone is 2. The molecular formula is C30H45N. The minimum Gasteiger partial charge on any atom is -0.303 e. The quantitative estimate of drug-likeness (QED) is 0.392. The molecule has 1 saturated heterocycles. The second-order valence-corrected chi connectivity index (χ2v) is 9.30. The van der Waals surface area contributed by atoms with Gasteiger partial charge < -0.3 is 4.90 Å². The van der Waals surface area contributed by atoms with Crippen LogP contribution in [0.2, 0.25) is 0 Å². The topological polar surface area (TPSA) is 3.24 Å². The van der Waals surface area contributed by atoms with Gasteiger partial charge in [0, 0.05) is 6.54 Å². The zero-order valence-electron chi connectivity index (χ0n) is 20.5. The van der Waals surface area contributed by atoms with Crippen LogP contribution in [-0.2, 0) is 12.8 Å². The van der Waals surface area contributed by atoms with Crippen LogP contribution in [0.25, 0.3) is 0 Å². The summed E-state index contributed by atoms with van der Waals surface area (Å²) in [5, 5.41) is 0. The Morgan fingerprint density at radius 1 is 0.903 bits per heavy atom. The summed E-state index contributed by atoms with van der Waals surface area (Å²) >= 11 is 0. The monoisotopic (exact) mass is 419 g/mol. The first-order chi connectivity index (χ1) is 15.1. The number of rotatable bonds is 8. The van der Waals surface area contributed by atoms with Gasteiger partial charge in [0.25, 0.3) is 0 Å². The molecule has 0 aromatic heterocycles. The van der Waals surface area contributed by atoms with Crippen LogP contribution in [0.4, 0.5) is 0 Å². The van der Waals surface area contributed by atoms with Crippen LogP contribution in [0.15, 0.2) is 72.3 Å². The molecule has 1 atom stereocenters. The van der Waals surface area contributed by atoms with Gasteiger partial charge in [0.15, 0.2) is 0 Å². The third kappa shape index (κ3) is 10.3. The molecule has 1 unspecified atom stereocenters.